The number of hydrogen-bond acceptors (Lipinski definition) is 6. The Morgan fingerprint density at radius 1 is 1.36 bits per heavy atom. The van der Waals surface area contributed by atoms with Gasteiger partial charge >= 0.3 is 0 Å². The molecule has 120 valence electrons. The van der Waals surface area contributed by atoms with Crippen LogP contribution >= 0.6 is 23.7 Å². The fourth-order valence-electron chi connectivity index (χ4n) is 2.35. The van der Waals surface area contributed by atoms with E-state index in [4.69, 9.17) is 15.2 Å². The Balaban J connectivity index is 0.00000176. The Hall–Kier alpha value is -1.34. The molecule has 1 unspecified atom stereocenters. The van der Waals surface area contributed by atoms with Gasteiger partial charge in [-0.05, 0) is 12.1 Å². The molecule has 1 fully saturated rings. The summed E-state index contributed by atoms with van der Waals surface area (Å²) in [5, 5.41) is 0.627. The molecule has 0 radical (unpaired) electrons. The molecule has 22 heavy (non-hydrogen) atoms. The van der Waals surface area contributed by atoms with Crippen molar-refractivity contribution in [1.29, 1.82) is 0 Å². The summed E-state index contributed by atoms with van der Waals surface area (Å²) in [6, 6.07) is 9.84. The average Bonchev–Trinajstić information content (AvgIpc) is 2.92. The highest BCUT2D eigenvalue weighted by atomic mass is 35.5. The SMILES string of the molecule is Cl.Nc1ncc(CN2CCOC(COc3ccccc3)C2)s1. The lowest BCUT2D eigenvalue weighted by atomic mass is 10.2. The van der Waals surface area contributed by atoms with Gasteiger partial charge in [0, 0.05) is 30.7 Å². The number of aromatic nitrogens is 1. The van der Waals surface area contributed by atoms with E-state index in [9.17, 15) is 0 Å². The Morgan fingerprint density at radius 3 is 2.91 bits per heavy atom. The normalized spacial score (nSPS) is 18.6. The van der Waals surface area contributed by atoms with Gasteiger partial charge in [0.05, 0.1) is 6.61 Å². The first-order chi connectivity index (χ1) is 10.3. The van der Waals surface area contributed by atoms with Crippen LogP contribution in [-0.4, -0.2) is 42.3 Å². The lowest BCUT2D eigenvalue weighted by molar-refractivity contribution is -0.0501. The van der Waals surface area contributed by atoms with Crippen molar-refractivity contribution in [1.82, 2.24) is 9.88 Å². The Bertz CT molecular complexity index is 567. The van der Waals surface area contributed by atoms with Crippen molar-refractivity contribution in [2.24, 2.45) is 0 Å². The minimum absolute atomic E-state index is 0. The van der Waals surface area contributed by atoms with Crippen LogP contribution in [0.1, 0.15) is 4.88 Å². The molecule has 2 heterocycles. The second-order valence-corrected chi connectivity index (χ2v) is 6.16. The highest BCUT2D eigenvalue weighted by Crippen LogP contribution is 2.18. The molecule has 1 aliphatic heterocycles. The lowest BCUT2D eigenvalue weighted by Crippen LogP contribution is -2.44. The molecular formula is C15H20ClN3O2S. The molecule has 1 aliphatic rings. The van der Waals surface area contributed by atoms with Crippen LogP contribution in [0.2, 0.25) is 0 Å². The van der Waals surface area contributed by atoms with Crippen LogP contribution in [0.4, 0.5) is 5.13 Å². The van der Waals surface area contributed by atoms with Crippen molar-refractivity contribution >= 4 is 28.9 Å². The maximum absolute atomic E-state index is 5.77. The Labute approximate surface area is 140 Å². The van der Waals surface area contributed by atoms with Gasteiger partial charge in [0.2, 0.25) is 0 Å². The van der Waals surface area contributed by atoms with Gasteiger partial charge in [0.15, 0.2) is 5.13 Å². The number of nitrogen functional groups attached to an aromatic ring is 1. The van der Waals surface area contributed by atoms with Crippen LogP contribution in [0.15, 0.2) is 36.5 Å². The van der Waals surface area contributed by atoms with Crippen molar-refractivity contribution in [2.75, 3.05) is 32.0 Å². The first kappa shape index (κ1) is 17.0. The number of para-hydroxylation sites is 1. The summed E-state index contributed by atoms with van der Waals surface area (Å²) in [6.45, 7) is 3.98. The molecule has 1 aromatic carbocycles. The zero-order chi connectivity index (χ0) is 14.5. The van der Waals surface area contributed by atoms with Gasteiger partial charge in [0.1, 0.15) is 18.5 Å². The molecular weight excluding hydrogens is 322 g/mol. The molecule has 5 nitrogen and oxygen atoms in total. The fourth-order valence-corrected chi connectivity index (χ4v) is 3.07. The molecule has 2 aromatic rings. The summed E-state index contributed by atoms with van der Waals surface area (Å²) >= 11 is 1.55. The topological polar surface area (TPSA) is 60.6 Å². The van der Waals surface area contributed by atoms with E-state index in [0.717, 1.165) is 32.0 Å². The minimum atomic E-state index is 0. The summed E-state index contributed by atoms with van der Waals surface area (Å²) in [5.74, 6) is 0.883. The molecule has 1 saturated heterocycles. The molecule has 1 aromatic heterocycles. The zero-order valence-electron chi connectivity index (χ0n) is 12.2. The maximum Gasteiger partial charge on any atom is 0.180 e. The van der Waals surface area contributed by atoms with Crippen LogP contribution in [0, 0.1) is 0 Å². The number of morpholine rings is 1. The van der Waals surface area contributed by atoms with E-state index in [1.807, 2.05) is 36.5 Å². The third kappa shape index (κ3) is 4.84. The fraction of sp³-hybridized carbons (Fsp3) is 0.400. The van der Waals surface area contributed by atoms with Crippen LogP contribution in [0.25, 0.3) is 0 Å². The molecule has 0 saturated carbocycles. The predicted octanol–water partition coefficient (Wildman–Crippen LogP) is 2.43. The zero-order valence-corrected chi connectivity index (χ0v) is 13.8. The second kappa shape index (κ2) is 8.33. The van der Waals surface area contributed by atoms with Crippen molar-refractivity contribution < 1.29 is 9.47 Å². The van der Waals surface area contributed by atoms with Crippen LogP contribution in [0.3, 0.4) is 0 Å². The monoisotopic (exact) mass is 341 g/mol. The summed E-state index contributed by atoms with van der Waals surface area (Å²) in [4.78, 5) is 7.64. The summed E-state index contributed by atoms with van der Waals surface area (Å²) in [7, 11) is 0. The number of anilines is 1. The first-order valence-corrected chi connectivity index (χ1v) is 7.83. The Morgan fingerprint density at radius 2 is 2.18 bits per heavy atom. The third-order valence-electron chi connectivity index (χ3n) is 3.35. The summed E-state index contributed by atoms with van der Waals surface area (Å²) < 4.78 is 11.5. The highest BCUT2D eigenvalue weighted by molar-refractivity contribution is 7.15. The number of nitrogens with zero attached hydrogens (tertiary/aromatic N) is 2. The van der Waals surface area contributed by atoms with Crippen LogP contribution in [-0.2, 0) is 11.3 Å². The van der Waals surface area contributed by atoms with Gasteiger partial charge in [-0.25, -0.2) is 4.98 Å². The van der Waals surface area contributed by atoms with Crippen LogP contribution in [0.5, 0.6) is 5.75 Å². The van der Waals surface area contributed by atoms with Gasteiger partial charge in [-0.2, -0.15) is 0 Å². The number of nitrogens with two attached hydrogens (primary N) is 1. The van der Waals surface area contributed by atoms with E-state index in [1.165, 1.54) is 4.88 Å². The standard InChI is InChI=1S/C15H19N3O2S.ClH/c16-15-17-8-14(21-15)10-18-6-7-19-13(9-18)11-20-12-4-2-1-3-5-12;/h1-5,8,13H,6-7,9-11H2,(H2,16,17);1H. The number of hydrogen-bond donors (Lipinski definition) is 1. The van der Waals surface area contributed by atoms with E-state index in [2.05, 4.69) is 9.88 Å². The number of rotatable bonds is 5. The highest BCUT2D eigenvalue weighted by Gasteiger charge is 2.21. The molecule has 0 spiro atoms. The summed E-state index contributed by atoms with van der Waals surface area (Å²) in [6.07, 6.45) is 1.95. The van der Waals surface area contributed by atoms with Gasteiger partial charge in [-0.1, -0.05) is 18.2 Å². The quantitative estimate of drug-likeness (QED) is 0.905. The molecule has 0 aliphatic carbocycles. The third-order valence-corrected chi connectivity index (χ3v) is 4.16. The molecule has 2 N–H and O–H groups in total. The van der Waals surface area contributed by atoms with E-state index in [1.54, 1.807) is 11.3 Å². The molecule has 1 atom stereocenters. The van der Waals surface area contributed by atoms with Crippen molar-refractivity contribution in [2.45, 2.75) is 12.6 Å². The smallest absolute Gasteiger partial charge is 0.180 e. The number of thiazole rings is 1. The van der Waals surface area contributed by atoms with Crippen molar-refractivity contribution in [3.8, 4) is 5.75 Å². The molecule has 0 bridgehead atoms. The van der Waals surface area contributed by atoms with Crippen molar-refractivity contribution in [3.63, 3.8) is 0 Å². The molecule has 7 heteroatoms. The van der Waals surface area contributed by atoms with E-state index < -0.39 is 0 Å². The maximum atomic E-state index is 5.77. The van der Waals surface area contributed by atoms with Crippen molar-refractivity contribution in [3.05, 3.63) is 41.4 Å². The van der Waals surface area contributed by atoms with Gasteiger partial charge in [0.25, 0.3) is 0 Å². The largest absolute Gasteiger partial charge is 0.491 e. The minimum Gasteiger partial charge on any atom is -0.491 e. The number of benzene rings is 1. The van der Waals surface area contributed by atoms with E-state index in [0.29, 0.717) is 11.7 Å². The molecule has 3 rings (SSSR count). The number of ether oxygens (including phenoxy) is 2. The van der Waals surface area contributed by atoms with Crippen LogP contribution < -0.4 is 10.5 Å². The average molecular weight is 342 g/mol. The van der Waals surface area contributed by atoms with Gasteiger partial charge in [-0.15, -0.1) is 23.7 Å². The van der Waals surface area contributed by atoms with Gasteiger partial charge in [-0.3, -0.25) is 4.90 Å². The lowest BCUT2D eigenvalue weighted by Gasteiger charge is -2.32. The number of halogens is 1. The predicted molar refractivity (Wildman–Crippen MR) is 90.7 cm³/mol. The summed E-state index contributed by atoms with van der Waals surface area (Å²) in [5.41, 5.74) is 5.67. The second-order valence-electron chi connectivity index (χ2n) is 5.02. The van der Waals surface area contributed by atoms with E-state index in [-0.39, 0.29) is 18.5 Å². The van der Waals surface area contributed by atoms with E-state index >= 15 is 0 Å². The first-order valence-electron chi connectivity index (χ1n) is 7.01. The Kier molecular flexibility index (Phi) is 6.45. The van der Waals surface area contributed by atoms with Gasteiger partial charge < -0.3 is 15.2 Å². The molecule has 0 amide bonds.